The molecule has 1 heterocycles. The molecule has 1 aromatic heterocycles. The Bertz CT molecular complexity index is 704. The van der Waals surface area contributed by atoms with Crippen LogP contribution in [0.4, 0.5) is 5.69 Å². The van der Waals surface area contributed by atoms with E-state index in [4.69, 9.17) is 11.6 Å². The number of carbonyl (C=O) groups excluding carboxylic acids is 2. The van der Waals surface area contributed by atoms with Crippen molar-refractivity contribution in [2.24, 2.45) is 0 Å². The topological polar surface area (TPSA) is 62.3 Å². The number of anilines is 1. The van der Waals surface area contributed by atoms with Gasteiger partial charge >= 0.3 is 0 Å². The van der Waals surface area contributed by atoms with Crippen LogP contribution < -0.4 is 10.2 Å². The van der Waals surface area contributed by atoms with Gasteiger partial charge in [-0.05, 0) is 36.8 Å². The Morgan fingerprint density at radius 2 is 2.09 bits per heavy atom. The van der Waals surface area contributed by atoms with E-state index in [1.807, 2.05) is 13.0 Å². The molecule has 0 atom stereocenters. The summed E-state index contributed by atoms with van der Waals surface area (Å²) in [5.41, 5.74) is 2.18. The third kappa shape index (κ3) is 4.53. The Labute approximate surface area is 140 Å². The summed E-state index contributed by atoms with van der Waals surface area (Å²) >= 11 is 6.02. The minimum Gasteiger partial charge on any atom is -0.350 e. The van der Waals surface area contributed by atoms with Crippen molar-refractivity contribution in [2.75, 3.05) is 18.0 Å². The molecule has 0 saturated carbocycles. The Balaban J connectivity index is 2.02. The van der Waals surface area contributed by atoms with Crippen molar-refractivity contribution < 1.29 is 9.59 Å². The summed E-state index contributed by atoms with van der Waals surface area (Å²) in [6, 6.07) is 8.78. The number of nitrogens with zero attached hydrogens (tertiary/aromatic N) is 2. The second kappa shape index (κ2) is 7.74. The molecule has 6 heteroatoms. The number of amides is 2. The van der Waals surface area contributed by atoms with Crippen molar-refractivity contribution in [3.8, 4) is 0 Å². The van der Waals surface area contributed by atoms with Gasteiger partial charge in [-0.15, -0.1) is 0 Å². The van der Waals surface area contributed by atoms with Crippen LogP contribution >= 0.6 is 11.6 Å². The fourth-order valence-electron chi connectivity index (χ4n) is 2.20. The van der Waals surface area contributed by atoms with Gasteiger partial charge in [-0.25, -0.2) is 0 Å². The molecule has 2 amide bonds. The average Bonchev–Trinajstić information content (AvgIpc) is 2.54. The van der Waals surface area contributed by atoms with Crippen molar-refractivity contribution in [1.82, 2.24) is 10.3 Å². The number of rotatable bonds is 5. The van der Waals surface area contributed by atoms with E-state index in [2.05, 4.69) is 10.3 Å². The van der Waals surface area contributed by atoms with Gasteiger partial charge in [-0.1, -0.05) is 17.7 Å². The van der Waals surface area contributed by atoms with Crippen LogP contribution in [0.25, 0.3) is 0 Å². The quantitative estimate of drug-likeness (QED) is 0.916. The highest BCUT2D eigenvalue weighted by atomic mass is 35.5. The Hall–Kier alpha value is -2.40. The molecule has 1 aromatic carbocycles. The normalized spacial score (nSPS) is 10.2. The van der Waals surface area contributed by atoms with Crippen LogP contribution in [0.3, 0.4) is 0 Å². The molecule has 0 radical (unpaired) electrons. The number of hydrogen-bond acceptors (Lipinski definition) is 3. The third-order valence-electron chi connectivity index (χ3n) is 3.39. The van der Waals surface area contributed by atoms with E-state index in [0.29, 0.717) is 23.7 Å². The molecule has 2 aromatic rings. The zero-order valence-corrected chi connectivity index (χ0v) is 13.8. The monoisotopic (exact) mass is 331 g/mol. The van der Waals surface area contributed by atoms with Crippen LogP contribution in [0.15, 0.2) is 42.7 Å². The number of nitrogens with one attached hydrogen (secondary N) is 1. The molecule has 0 aliphatic carbocycles. The predicted octanol–water partition coefficient (Wildman–Crippen LogP) is 2.83. The number of carbonyl (C=O) groups is 2. The molecule has 0 aliphatic rings. The lowest BCUT2D eigenvalue weighted by atomic mass is 10.1. The van der Waals surface area contributed by atoms with Gasteiger partial charge in [0, 0.05) is 43.1 Å². The highest BCUT2D eigenvalue weighted by molar-refractivity contribution is 6.31. The Morgan fingerprint density at radius 1 is 1.30 bits per heavy atom. The van der Waals surface area contributed by atoms with E-state index in [9.17, 15) is 9.59 Å². The molecule has 0 fully saturated rings. The van der Waals surface area contributed by atoms with E-state index in [-0.39, 0.29) is 11.8 Å². The van der Waals surface area contributed by atoms with E-state index in [0.717, 1.165) is 11.3 Å². The molecule has 0 saturated heterocycles. The standard InChI is InChI=1S/C17H18ClN3O2/c1-12-5-6-15(18)10-16(12)21(13(2)22)9-8-20-17(23)14-4-3-7-19-11-14/h3-7,10-11H,8-9H2,1-2H3,(H,20,23). The second-order valence-corrected chi connectivity index (χ2v) is 5.54. The lowest BCUT2D eigenvalue weighted by Gasteiger charge is -2.23. The van der Waals surface area contributed by atoms with Gasteiger partial charge in [0.25, 0.3) is 5.91 Å². The van der Waals surface area contributed by atoms with Crippen molar-refractivity contribution in [2.45, 2.75) is 13.8 Å². The molecule has 1 N–H and O–H groups in total. The Kier molecular flexibility index (Phi) is 5.71. The zero-order valence-electron chi connectivity index (χ0n) is 13.0. The molecule has 5 nitrogen and oxygen atoms in total. The molecule has 23 heavy (non-hydrogen) atoms. The summed E-state index contributed by atoms with van der Waals surface area (Å²) in [7, 11) is 0. The van der Waals surface area contributed by atoms with Gasteiger partial charge in [0.05, 0.1) is 5.56 Å². The number of halogens is 1. The third-order valence-corrected chi connectivity index (χ3v) is 3.62. The van der Waals surface area contributed by atoms with Crippen molar-refractivity contribution in [1.29, 1.82) is 0 Å². The van der Waals surface area contributed by atoms with Crippen LogP contribution in [0, 0.1) is 6.92 Å². The molecule has 2 rings (SSSR count). The maximum Gasteiger partial charge on any atom is 0.252 e. The summed E-state index contributed by atoms with van der Waals surface area (Å²) in [4.78, 5) is 29.4. The van der Waals surface area contributed by atoms with Gasteiger partial charge < -0.3 is 10.2 Å². The minimum absolute atomic E-state index is 0.106. The van der Waals surface area contributed by atoms with Gasteiger partial charge in [0.1, 0.15) is 0 Å². The SMILES string of the molecule is CC(=O)N(CCNC(=O)c1cccnc1)c1cc(Cl)ccc1C. The van der Waals surface area contributed by atoms with E-state index < -0.39 is 0 Å². The lowest BCUT2D eigenvalue weighted by molar-refractivity contribution is -0.116. The summed E-state index contributed by atoms with van der Waals surface area (Å²) in [6.07, 6.45) is 3.11. The van der Waals surface area contributed by atoms with Crippen LogP contribution in [0.1, 0.15) is 22.8 Å². The van der Waals surface area contributed by atoms with Gasteiger partial charge in [-0.3, -0.25) is 14.6 Å². The highest BCUT2D eigenvalue weighted by Gasteiger charge is 2.14. The first-order chi connectivity index (χ1) is 11.0. The first kappa shape index (κ1) is 17.0. The fraction of sp³-hybridized carbons (Fsp3) is 0.235. The van der Waals surface area contributed by atoms with E-state index >= 15 is 0 Å². The van der Waals surface area contributed by atoms with Crippen molar-refractivity contribution in [3.05, 3.63) is 58.9 Å². The van der Waals surface area contributed by atoms with E-state index in [1.165, 1.54) is 13.1 Å². The smallest absolute Gasteiger partial charge is 0.252 e. The summed E-state index contributed by atoms with van der Waals surface area (Å²) in [6.45, 7) is 4.10. The van der Waals surface area contributed by atoms with E-state index in [1.54, 1.807) is 35.4 Å². The molecule has 0 unspecified atom stereocenters. The summed E-state index contributed by atoms with van der Waals surface area (Å²) < 4.78 is 0. The maximum absolute atomic E-state index is 12.0. The molecule has 0 bridgehead atoms. The number of aromatic nitrogens is 1. The Morgan fingerprint density at radius 3 is 2.74 bits per heavy atom. The van der Waals surface area contributed by atoms with Crippen LogP contribution in [-0.2, 0) is 4.79 Å². The lowest BCUT2D eigenvalue weighted by Crippen LogP contribution is -2.38. The molecular weight excluding hydrogens is 314 g/mol. The molecule has 0 spiro atoms. The largest absolute Gasteiger partial charge is 0.350 e. The van der Waals surface area contributed by atoms with Gasteiger partial charge in [0.2, 0.25) is 5.91 Å². The maximum atomic E-state index is 12.0. The number of aryl methyl sites for hydroxylation is 1. The number of pyridine rings is 1. The summed E-state index contributed by atoms with van der Waals surface area (Å²) in [5, 5.41) is 3.35. The first-order valence-corrected chi connectivity index (χ1v) is 7.59. The van der Waals surface area contributed by atoms with Gasteiger partial charge in [0.15, 0.2) is 0 Å². The second-order valence-electron chi connectivity index (χ2n) is 5.10. The minimum atomic E-state index is -0.218. The average molecular weight is 332 g/mol. The van der Waals surface area contributed by atoms with Crippen LogP contribution in [0.5, 0.6) is 0 Å². The molecular formula is C17H18ClN3O2. The summed E-state index contributed by atoms with van der Waals surface area (Å²) in [5.74, 6) is -0.324. The predicted molar refractivity (Wildman–Crippen MR) is 90.8 cm³/mol. The van der Waals surface area contributed by atoms with Crippen molar-refractivity contribution >= 4 is 29.1 Å². The van der Waals surface area contributed by atoms with Crippen molar-refractivity contribution in [3.63, 3.8) is 0 Å². The van der Waals surface area contributed by atoms with Crippen LogP contribution in [-0.4, -0.2) is 29.9 Å². The number of benzene rings is 1. The van der Waals surface area contributed by atoms with Crippen LogP contribution in [0.2, 0.25) is 5.02 Å². The fourth-order valence-corrected chi connectivity index (χ4v) is 2.37. The number of hydrogen-bond donors (Lipinski definition) is 1. The van der Waals surface area contributed by atoms with Gasteiger partial charge in [-0.2, -0.15) is 0 Å². The highest BCUT2D eigenvalue weighted by Crippen LogP contribution is 2.24. The first-order valence-electron chi connectivity index (χ1n) is 7.21. The zero-order chi connectivity index (χ0) is 16.8. The molecule has 0 aliphatic heterocycles. The molecule has 120 valence electrons.